The van der Waals surface area contributed by atoms with Crippen LogP contribution in [-0.2, 0) is 6.54 Å². The molecule has 0 heterocycles. The van der Waals surface area contributed by atoms with Crippen molar-refractivity contribution in [3.05, 3.63) is 35.4 Å². The molecule has 1 atom stereocenters. The highest BCUT2D eigenvalue weighted by Crippen LogP contribution is 2.10. The Labute approximate surface area is 95.9 Å². The molecule has 1 unspecified atom stereocenters. The van der Waals surface area contributed by atoms with Gasteiger partial charge in [0, 0.05) is 12.6 Å². The summed E-state index contributed by atoms with van der Waals surface area (Å²) in [6.45, 7) is 7.84. The van der Waals surface area contributed by atoms with Gasteiger partial charge in [-0.2, -0.15) is 0 Å². The number of hydrogen-bond donors (Lipinski definition) is 1. The zero-order valence-electron chi connectivity index (χ0n) is 10.1. The summed E-state index contributed by atoms with van der Waals surface area (Å²) in [6.07, 6.45) is 0. The molecule has 1 aromatic rings. The van der Waals surface area contributed by atoms with Crippen LogP contribution in [0.5, 0.6) is 0 Å². The van der Waals surface area contributed by atoms with Gasteiger partial charge < -0.3 is 5.32 Å². The third-order valence-corrected chi connectivity index (χ3v) is 2.86. The van der Waals surface area contributed by atoms with Crippen LogP contribution in [0.25, 0.3) is 0 Å². The van der Waals surface area contributed by atoms with Crippen molar-refractivity contribution in [3.8, 4) is 0 Å². The van der Waals surface area contributed by atoms with Crippen LogP contribution in [0.1, 0.15) is 26.3 Å². The summed E-state index contributed by atoms with van der Waals surface area (Å²) in [5, 5.41) is 3.20. The van der Waals surface area contributed by atoms with E-state index >= 15 is 0 Å². The minimum absolute atomic E-state index is 0.506. The Morgan fingerprint density at radius 3 is 2.12 bits per heavy atom. The summed E-state index contributed by atoms with van der Waals surface area (Å²) in [7, 11) is 0. The van der Waals surface area contributed by atoms with Crippen molar-refractivity contribution in [1.29, 1.82) is 0 Å². The van der Waals surface area contributed by atoms with E-state index in [1.165, 1.54) is 12.1 Å². The third-order valence-electron chi connectivity index (χ3n) is 2.86. The largest absolute Gasteiger partial charge is 0.312 e. The molecule has 0 spiro atoms. The quantitative estimate of drug-likeness (QED) is 0.813. The zero-order chi connectivity index (χ0) is 12.1. The minimum Gasteiger partial charge on any atom is -0.312 e. The Bertz CT molecular complexity index is 316. The Kier molecular flexibility index (Phi) is 4.87. The van der Waals surface area contributed by atoms with Crippen LogP contribution in [0.3, 0.4) is 0 Å². The van der Waals surface area contributed by atoms with Gasteiger partial charge in [-0.05, 0) is 36.1 Å². The predicted molar refractivity (Wildman–Crippen MR) is 62.1 cm³/mol. The Balaban J connectivity index is 2.43. The molecule has 90 valence electrons. The van der Waals surface area contributed by atoms with Gasteiger partial charge in [-0.25, -0.2) is 8.78 Å². The SMILES string of the molecule is CC(C)C(C)CNCc1cc(F)cc(F)c1. The zero-order valence-corrected chi connectivity index (χ0v) is 10.1. The predicted octanol–water partition coefficient (Wildman–Crippen LogP) is 3.35. The van der Waals surface area contributed by atoms with Gasteiger partial charge in [0.25, 0.3) is 0 Å². The van der Waals surface area contributed by atoms with E-state index < -0.39 is 11.6 Å². The second kappa shape index (κ2) is 5.94. The smallest absolute Gasteiger partial charge is 0.126 e. The van der Waals surface area contributed by atoms with E-state index in [1.54, 1.807) is 0 Å². The summed E-state index contributed by atoms with van der Waals surface area (Å²) >= 11 is 0. The van der Waals surface area contributed by atoms with Crippen LogP contribution >= 0.6 is 0 Å². The molecular formula is C13H19F2N. The van der Waals surface area contributed by atoms with Crippen LogP contribution in [0.15, 0.2) is 18.2 Å². The maximum atomic E-state index is 12.9. The summed E-state index contributed by atoms with van der Waals surface area (Å²) in [4.78, 5) is 0. The fraction of sp³-hybridized carbons (Fsp3) is 0.538. The molecule has 0 bridgehead atoms. The number of hydrogen-bond acceptors (Lipinski definition) is 1. The molecule has 16 heavy (non-hydrogen) atoms. The van der Waals surface area contributed by atoms with Gasteiger partial charge in [-0.1, -0.05) is 20.8 Å². The van der Waals surface area contributed by atoms with Crippen LogP contribution in [-0.4, -0.2) is 6.54 Å². The summed E-state index contributed by atoms with van der Waals surface area (Å²) in [5.41, 5.74) is 0.647. The fourth-order valence-electron chi connectivity index (χ4n) is 1.39. The van der Waals surface area contributed by atoms with Crippen LogP contribution < -0.4 is 5.32 Å². The Morgan fingerprint density at radius 1 is 1.06 bits per heavy atom. The van der Waals surface area contributed by atoms with Crippen molar-refractivity contribution in [2.75, 3.05) is 6.54 Å². The van der Waals surface area contributed by atoms with Crippen molar-refractivity contribution in [2.24, 2.45) is 11.8 Å². The molecule has 0 fully saturated rings. The van der Waals surface area contributed by atoms with Crippen molar-refractivity contribution in [1.82, 2.24) is 5.32 Å². The van der Waals surface area contributed by atoms with E-state index in [1.807, 2.05) is 0 Å². The minimum atomic E-state index is -0.520. The molecule has 0 amide bonds. The van der Waals surface area contributed by atoms with E-state index in [-0.39, 0.29) is 0 Å². The lowest BCUT2D eigenvalue weighted by atomic mass is 9.98. The third kappa shape index (κ3) is 4.27. The first-order valence-electron chi connectivity index (χ1n) is 5.64. The van der Waals surface area contributed by atoms with Crippen molar-refractivity contribution < 1.29 is 8.78 Å². The average Bonchev–Trinajstić information content (AvgIpc) is 2.15. The number of nitrogens with one attached hydrogen (secondary N) is 1. The fourth-order valence-corrected chi connectivity index (χ4v) is 1.39. The molecular weight excluding hydrogens is 208 g/mol. The average molecular weight is 227 g/mol. The molecule has 0 saturated heterocycles. The number of rotatable bonds is 5. The van der Waals surface area contributed by atoms with E-state index in [2.05, 4.69) is 26.1 Å². The van der Waals surface area contributed by atoms with Crippen LogP contribution in [0.2, 0.25) is 0 Å². The second-order valence-electron chi connectivity index (χ2n) is 4.63. The Morgan fingerprint density at radius 2 is 1.62 bits per heavy atom. The first kappa shape index (κ1) is 13.1. The summed E-state index contributed by atoms with van der Waals surface area (Å²) in [6, 6.07) is 3.60. The van der Waals surface area contributed by atoms with Crippen LogP contribution in [0.4, 0.5) is 8.78 Å². The van der Waals surface area contributed by atoms with Gasteiger partial charge in [0.1, 0.15) is 11.6 Å². The maximum absolute atomic E-state index is 12.9. The first-order chi connectivity index (χ1) is 7.49. The second-order valence-corrected chi connectivity index (χ2v) is 4.63. The molecule has 1 rings (SSSR count). The summed E-state index contributed by atoms with van der Waals surface area (Å²) < 4.78 is 25.7. The van der Waals surface area contributed by atoms with Gasteiger partial charge in [0.2, 0.25) is 0 Å². The van der Waals surface area contributed by atoms with Gasteiger partial charge >= 0.3 is 0 Å². The highest BCUT2D eigenvalue weighted by Gasteiger charge is 2.06. The highest BCUT2D eigenvalue weighted by molar-refractivity contribution is 5.17. The van der Waals surface area contributed by atoms with Crippen molar-refractivity contribution >= 4 is 0 Å². The molecule has 0 aliphatic carbocycles. The molecule has 3 heteroatoms. The monoisotopic (exact) mass is 227 g/mol. The lowest BCUT2D eigenvalue weighted by Gasteiger charge is -2.16. The first-order valence-corrected chi connectivity index (χ1v) is 5.64. The van der Waals surface area contributed by atoms with Crippen LogP contribution in [0, 0.1) is 23.5 Å². The van der Waals surface area contributed by atoms with E-state index in [9.17, 15) is 8.78 Å². The number of halogens is 2. The molecule has 0 aliphatic heterocycles. The normalized spacial score (nSPS) is 13.1. The van der Waals surface area contributed by atoms with E-state index in [0.29, 0.717) is 23.9 Å². The molecule has 0 aromatic heterocycles. The van der Waals surface area contributed by atoms with Gasteiger partial charge in [0.15, 0.2) is 0 Å². The molecule has 0 aliphatic rings. The molecule has 0 saturated carbocycles. The highest BCUT2D eigenvalue weighted by atomic mass is 19.1. The number of benzene rings is 1. The van der Waals surface area contributed by atoms with E-state index in [4.69, 9.17) is 0 Å². The Hall–Kier alpha value is -0.960. The van der Waals surface area contributed by atoms with Gasteiger partial charge in [0.05, 0.1) is 0 Å². The lowest BCUT2D eigenvalue weighted by molar-refractivity contribution is 0.392. The van der Waals surface area contributed by atoms with Gasteiger partial charge in [-0.15, -0.1) is 0 Å². The molecule has 1 aromatic carbocycles. The van der Waals surface area contributed by atoms with E-state index in [0.717, 1.165) is 12.6 Å². The topological polar surface area (TPSA) is 12.0 Å². The lowest BCUT2D eigenvalue weighted by Crippen LogP contribution is -2.23. The molecule has 0 radical (unpaired) electrons. The summed E-state index contributed by atoms with van der Waals surface area (Å²) in [5.74, 6) is 0.123. The standard InChI is InChI=1S/C13H19F2N/c1-9(2)10(3)7-16-8-11-4-12(14)6-13(15)5-11/h4-6,9-10,16H,7-8H2,1-3H3. The molecule has 1 nitrogen and oxygen atoms in total. The molecule has 1 N–H and O–H groups in total. The van der Waals surface area contributed by atoms with Gasteiger partial charge in [-0.3, -0.25) is 0 Å². The van der Waals surface area contributed by atoms with Crippen molar-refractivity contribution in [2.45, 2.75) is 27.3 Å². The maximum Gasteiger partial charge on any atom is 0.126 e. The van der Waals surface area contributed by atoms with Crippen molar-refractivity contribution in [3.63, 3.8) is 0 Å².